The molecule has 4 atom stereocenters. The summed E-state index contributed by atoms with van der Waals surface area (Å²) >= 11 is 0. The number of likely N-dealkylation sites (tertiary alicyclic amines) is 2. The molecule has 166 valence electrons. The quantitative estimate of drug-likeness (QED) is 0.710. The second-order valence-electron chi connectivity index (χ2n) is 8.98. The molecule has 1 aromatic rings. The number of piperidine rings is 1. The summed E-state index contributed by atoms with van der Waals surface area (Å²) in [5.41, 5.74) is 0.814. The van der Waals surface area contributed by atoms with Crippen LogP contribution in [-0.2, 0) is 25.7 Å². The third-order valence-corrected chi connectivity index (χ3v) is 7.18. The monoisotopic (exact) mass is 419 g/mol. The van der Waals surface area contributed by atoms with E-state index in [-0.39, 0.29) is 29.9 Å². The van der Waals surface area contributed by atoms with Crippen LogP contribution in [0.2, 0.25) is 0 Å². The van der Waals surface area contributed by atoms with E-state index in [4.69, 9.17) is 9.47 Å². The molecule has 0 aromatic carbocycles. The van der Waals surface area contributed by atoms with Gasteiger partial charge in [-0.3, -0.25) is 9.59 Å². The van der Waals surface area contributed by atoms with Gasteiger partial charge in [0.2, 0.25) is 11.8 Å². The zero-order valence-corrected chi connectivity index (χ0v) is 18.2. The van der Waals surface area contributed by atoms with E-state index in [2.05, 4.69) is 15.2 Å². The average Bonchev–Trinajstić information content (AvgIpc) is 3.39. The smallest absolute Gasteiger partial charge is 0.225 e. The lowest BCUT2D eigenvalue weighted by molar-refractivity contribution is -0.139. The number of rotatable bonds is 5. The molecular formula is C21H33N5O4. The molecule has 4 rings (SSSR count). The summed E-state index contributed by atoms with van der Waals surface area (Å²) in [4.78, 5) is 28.6. The maximum atomic E-state index is 13.1. The topological polar surface area (TPSA) is 89.8 Å². The molecule has 0 N–H and O–H groups in total. The molecule has 0 radical (unpaired) electrons. The van der Waals surface area contributed by atoms with Crippen LogP contribution in [0.5, 0.6) is 0 Å². The molecule has 2 amide bonds. The Morgan fingerprint density at radius 3 is 2.43 bits per heavy atom. The van der Waals surface area contributed by atoms with Crippen molar-refractivity contribution in [1.82, 2.24) is 24.8 Å². The van der Waals surface area contributed by atoms with Crippen LogP contribution in [-0.4, -0.2) is 83.1 Å². The van der Waals surface area contributed by atoms with Gasteiger partial charge < -0.3 is 19.3 Å². The van der Waals surface area contributed by atoms with Gasteiger partial charge >= 0.3 is 0 Å². The van der Waals surface area contributed by atoms with Crippen LogP contribution >= 0.6 is 0 Å². The standard InChI is InChI=1S/C21H33N5O4/c1-14(27)24-6-4-15(5-7-24)21(28)25-10-16-8-19(20(30-3)9-17(16)11-25)26-12-18(13-29-2)22-23-26/h12,15-17,19-20H,4-11,13H2,1-3H3/t16-,17+,19-,20-/m1/s1. The fraction of sp³-hybridized carbons (Fsp3) is 0.810. The van der Waals surface area contributed by atoms with Crippen LogP contribution in [0.4, 0.5) is 0 Å². The van der Waals surface area contributed by atoms with Crippen molar-refractivity contribution in [2.24, 2.45) is 17.8 Å². The van der Waals surface area contributed by atoms with Gasteiger partial charge in [0.25, 0.3) is 0 Å². The van der Waals surface area contributed by atoms with E-state index in [1.165, 1.54) is 0 Å². The predicted octanol–water partition coefficient (Wildman–Crippen LogP) is 1.11. The molecule has 3 aliphatic rings. The molecule has 3 fully saturated rings. The number of hydrogen-bond donors (Lipinski definition) is 0. The zero-order valence-electron chi connectivity index (χ0n) is 18.2. The fourth-order valence-electron chi connectivity index (χ4n) is 5.49. The van der Waals surface area contributed by atoms with Gasteiger partial charge in [-0.1, -0.05) is 5.21 Å². The molecule has 3 heterocycles. The third kappa shape index (κ3) is 4.23. The first kappa shape index (κ1) is 21.2. The second-order valence-corrected chi connectivity index (χ2v) is 8.98. The normalized spacial score (nSPS) is 29.8. The van der Waals surface area contributed by atoms with Crippen molar-refractivity contribution in [3.05, 3.63) is 11.9 Å². The van der Waals surface area contributed by atoms with Gasteiger partial charge in [-0.05, 0) is 37.5 Å². The Labute approximate surface area is 177 Å². The highest BCUT2D eigenvalue weighted by molar-refractivity contribution is 5.80. The van der Waals surface area contributed by atoms with Crippen LogP contribution in [0.25, 0.3) is 0 Å². The number of methoxy groups -OCH3 is 2. The minimum absolute atomic E-state index is 0.0432. The van der Waals surface area contributed by atoms with Gasteiger partial charge in [-0.25, -0.2) is 4.68 Å². The number of aromatic nitrogens is 3. The molecule has 2 saturated heterocycles. The van der Waals surface area contributed by atoms with E-state index in [0.29, 0.717) is 31.5 Å². The summed E-state index contributed by atoms with van der Waals surface area (Å²) < 4.78 is 12.9. The van der Waals surface area contributed by atoms with Crippen LogP contribution in [0.15, 0.2) is 6.20 Å². The summed E-state index contributed by atoms with van der Waals surface area (Å²) in [6.07, 6.45) is 5.42. The van der Waals surface area contributed by atoms with E-state index >= 15 is 0 Å². The zero-order chi connectivity index (χ0) is 21.3. The number of ether oxygens (including phenoxy) is 2. The molecule has 1 aromatic heterocycles. The Morgan fingerprint density at radius 2 is 1.80 bits per heavy atom. The Kier molecular flexibility index (Phi) is 6.38. The van der Waals surface area contributed by atoms with Gasteiger partial charge in [0.05, 0.1) is 24.9 Å². The summed E-state index contributed by atoms with van der Waals surface area (Å²) in [5, 5.41) is 8.51. The molecular weight excluding hydrogens is 386 g/mol. The maximum absolute atomic E-state index is 13.1. The number of carbonyl (C=O) groups is 2. The van der Waals surface area contributed by atoms with Crippen LogP contribution < -0.4 is 0 Å². The van der Waals surface area contributed by atoms with Crippen LogP contribution in [0, 0.1) is 17.8 Å². The average molecular weight is 420 g/mol. The summed E-state index contributed by atoms with van der Waals surface area (Å²) in [7, 11) is 3.40. The number of carbonyl (C=O) groups excluding carboxylic acids is 2. The van der Waals surface area contributed by atoms with E-state index in [1.807, 2.05) is 15.8 Å². The van der Waals surface area contributed by atoms with Gasteiger partial charge in [0, 0.05) is 53.2 Å². The molecule has 0 spiro atoms. The van der Waals surface area contributed by atoms with E-state index in [0.717, 1.165) is 44.5 Å². The van der Waals surface area contributed by atoms with Gasteiger partial charge in [-0.2, -0.15) is 0 Å². The maximum Gasteiger partial charge on any atom is 0.225 e. The molecule has 2 aliphatic heterocycles. The fourth-order valence-corrected chi connectivity index (χ4v) is 5.49. The molecule has 0 unspecified atom stereocenters. The van der Waals surface area contributed by atoms with Crippen molar-refractivity contribution < 1.29 is 19.1 Å². The minimum atomic E-state index is 0.0432. The van der Waals surface area contributed by atoms with Crippen LogP contribution in [0.3, 0.4) is 0 Å². The lowest BCUT2D eigenvalue weighted by Gasteiger charge is -2.36. The molecule has 0 bridgehead atoms. The van der Waals surface area contributed by atoms with Gasteiger partial charge in [-0.15, -0.1) is 5.10 Å². The number of nitrogens with zero attached hydrogens (tertiary/aromatic N) is 5. The highest BCUT2D eigenvalue weighted by Gasteiger charge is 2.45. The predicted molar refractivity (Wildman–Crippen MR) is 108 cm³/mol. The van der Waals surface area contributed by atoms with Crippen molar-refractivity contribution in [2.75, 3.05) is 40.4 Å². The van der Waals surface area contributed by atoms with E-state index in [9.17, 15) is 9.59 Å². The molecule has 9 nitrogen and oxygen atoms in total. The van der Waals surface area contributed by atoms with Crippen molar-refractivity contribution in [3.8, 4) is 0 Å². The number of hydrogen-bond acceptors (Lipinski definition) is 6. The number of fused-ring (bicyclic) bond motifs is 1. The lowest BCUT2D eigenvalue weighted by Crippen LogP contribution is -2.43. The molecule has 9 heteroatoms. The Morgan fingerprint density at radius 1 is 1.10 bits per heavy atom. The summed E-state index contributed by atoms with van der Waals surface area (Å²) in [6, 6.07) is 0.128. The van der Waals surface area contributed by atoms with Crippen molar-refractivity contribution >= 4 is 11.8 Å². The lowest BCUT2D eigenvalue weighted by atomic mass is 9.77. The minimum Gasteiger partial charge on any atom is -0.379 e. The third-order valence-electron chi connectivity index (χ3n) is 7.18. The van der Waals surface area contributed by atoms with Crippen molar-refractivity contribution in [3.63, 3.8) is 0 Å². The van der Waals surface area contributed by atoms with Gasteiger partial charge in [0.15, 0.2) is 0 Å². The summed E-state index contributed by atoms with van der Waals surface area (Å²) in [5.74, 6) is 1.33. The van der Waals surface area contributed by atoms with Crippen molar-refractivity contribution in [2.45, 2.75) is 51.4 Å². The Hall–Kier alpha value is -2.00. The first-order valence-corrected chi connectivity index (χ1v) is 11.0. The van der Waals surface area contributed by atoms with Gasteiger partial charge in [0.1, 0.15) is 5.69 Å². The highest BCUT2D eigenvalue weighted by Crippen LogP contribution is 2.42. The molecule has 1 saturated carbocycles. The first-order chi connectivity index (χ1) is 14.5. The van der Waals surface area contributed by atoms with Crippen LogP contribution in [0.1, 0.15) is 44.3 Å². The first-order valence-electron chi connectivity index (χ1n) is 11.0. The van der Waals surface area contributed by atoms with Crippen molar-refractivity contribution in [1.29, 1.82) is 0 Å². The summed E-state index contributed by atoms with van der Waals surface area (Å²) in [6.45, 7) is 5.05. The molecule has 30 heavy (non-hydrogen) atoms. The number of amides is 2. The van der Waals surface area contributed by atoms with E-state index < -0.39 is 0 Å². The van der Waals surface area contributed by atoms with E-state index in [1.54, 1.807) is 21.1 Å². The SMILES string of the molecule is COCc1cn([C@@H]2C[C@@H]3CN(C(=O)C4CCN(C(C)=O)CC4)C[C@@H]3C[C@H]2OC)nn1. The highest BCUT2D eigenvalue weighted by atomic mass is 16.5. The second kappa shape index (κ2) is 9.01. The molecule has 1 aliphatic carbocycles. The largest absolute Gasteiger partial charge is 0.379 e. The Bertz CT molecular complexity index is 760. The Balaban J connectivity index is 1.38.